The third kappa shape index (κ3) is 4.01. The molecule has 1 aromatic carbocycles. The standard InChI is InChI=1S/C18H23N3O4S/c1-19-18(22)17-11-16(12-21(17)2)26(23,24)20-13-6-5-9-15(10-13)25-14-7-3-4-8-14/h5-6,9-12,14,20H,3-4,7-8H2,1-2H3,(H,19,22). The molecule has 0 unspecified atom stereocenters. The number of ether oxygens (including phenoxy) is 1. The first-order chi connectivity index (χ1) is 12.4. The lowest BCUT2D eigenvalue weighted by atomic mass is 10.3. The molecule has 0 radical (unpaired) electrons. The Morgan fingerprint density at radius 1 is 1.23 bits per heavy atom. The summed E-state index contributed by atoms with van der Waals surface area (Å²) >= 11 is 0. The number of benzene rings is 1. The summed E-state index contributed by atoms with van der Waals surface area (Å²) in [5, 5.41) is 2.49. The van der Waals surface area contributed by atoms with Crippen molar-refractivity contribution in [1.82, 2.24) is 9.88 Å². The number of anilines is 1. The largest absolute Gasteiger partial charge is 0.490 e. The third-order valence-corrected chi connectivity index (χ3v) is 5.79. The second-order valence-corrected chi connectivity index (χ2v) is 8.09. The van der Waals surface area contributed by atoms with Crippen LogP contribution in [0.15, 0.2) is 41.4 Å². The van der Waals surface area contributed by atoms with Crippen molar-refractivity contribution in [2.24, 2.45) is 7.05 Å². The first-order valence-electron chi connectivity index (χ1n) is 8.57. The molecule has 1 heterocycles. The molecule has 7 nitrogen and oxygen atoms in total. The van der Waals surface area contributed by atoms with Gasteiger partial charge in [-0.3, -0.25) is 9.52 Å². The molecule has 0 spiro atoms. The van der Waals surface area contributed by atoms with E-state index in [9.17, 15) is 13.2 Å². The molecule has 140 valence electrons. The van der Waals surface area contributed by atoms with E-state index in [4.69, 9.17) is 4.74 Å². The zero-order valence-electron chi connectivity index (χ0n) is 14.9. The van der Waals surface area contributed by atoms with Gasteiger partial charge in [-0.05, 0) is 43.9 Å². The van der Waals surface area contributed by atoms with Gasteiger partial charge in [0, 0.05) is 26.4 Å². The van der Waals surface area contributed by atoms with Crippen LogP contribution in [0, 0.1) is 0 Å². The maximum atomic E-state index is 12.6. The van der Waals surface area contributed by atoms with Crippen molar-refractivity contribution < 1.29 is 17.9 Å². The Bertz CT molecular complexity index is 899. The van der Waals surface area contributed by atoms with Gasteiger partial charge in [0.05, 0.1) is 11.8 Å². The van der Waals surface area contributed by atoms with Crippen molar-refractivity contribution >= 4 is 21.6 Å². The van der Waals surface area contributed by atoms with Gasteiger partial charge in [0.2, 0.25) is 0 Å². The van der Waals surface area contributed by atoms with Crippen LogP contribution in [0.1, 0.15) is 36.2 Å². The smallest absolute Gasteiger partial charge is 0.267 e. The predicted octanol–water partition coefficient (Wildman–Crippen LogP) is 2.51. The minimum atomic E-state index is -3.81. The number of rotatable bonds is 6. The molecule has 1 aromatic heterocycles. The highest BCUT2D eigenvalue weighted by Gasteiger charge is 2.21. The van der Waals surface area contributed by atoms with Gasteiger partial charge in [-0.25, -0.2) is 8.42 Å². The number of nitrogens with zero attached hydrogens (tertiary/aromatic N) is 1. The summed E-state index contributed by atoms with van der Waals surface area (Å²) in [5.41, 5.74) is 0.692. The van der Waals surface area contributed by atoms with Crippen LogP contribution in [0.25, 0.3) is 0 Å². The molecule has 1 amide bonds. The van der Waals surface area contributed by atoms with E-state index in [1.807, 2.05) is 6.07 Å². The van der Waals surface area contributed by atoms with Gasteiger partial charge in [-0.1, -0.05) is 6.07 Å². The molecule has 0 saturated heterocycles. The lowest BCUT2D eigenvalue weighted by Crippen LogP contribution is -2.20. The fourth-order valence-electron chi connectivity index (χ4n) is 3.08. The minimum absolute atomic E-state index is 0.0284. The molecule has 8 heteroatoms. The van der Waals surface area contributed by atoms with E-state index in [0.717, 1.165) is 12.8 Å². The zero-order valence-corrected chi connectivity index (χ0v) is 15.7. The molecule has 1 aliphatic carbocycles. The first-order valence-corrected chi connectivity index (χ1v) is 10.1. The molecule has 2 aromatic rings. The van der Waals surface area contributed by atoms with Crippen LogP contribution in [0.4, 0.5) is 5.69 Å². The van der Waals surface area contributed by atoms with Crippen LogP contribution in [0.2, 0.25) is 0 Å². The van der Waals surface area contributed by atoms with E-state index in [2.05, 4.69) is 10.0 Å². The molecule has 2 N–H and O–H groups in total. The molecule has 3 rings (SSSR count). The number of carbonyl (C=O) groups is 1. The van der Waals surface area contributed by atoms with Crippen LogP contribution in [-0.4, -0.2) is 32.0 Å². The quantitative estimate of drug-likeness (QED) is 0.809. The predicted molar refractivity (Wildman–Crippen MR) is 98.9 cm³/mol. The highest BCUT2D eigenvalue weighted by Crippen LogP contribution is 2.27. The molecule has 0 atom stereocenters. The average Bonchev–Trinajstić information content (AvgIpc) is 3.24. The van der Waals surface area contributed by atoms with Crippen LogP contribution in [0.5, 0.6) is 5.75 Å². The Kier molecular flexibility index (Phi) is 5.22. The van der Waals surface area contributed by atoms with Crippen molar-refractivity contribution in [2.45, 2.75) is 36.7 Å². The molecule has 0 bridgehead atoms. The van der Waals surface area contributed by atoms with E-state index in [1.54, 1.807) is 25.2 Å². The van der Waals surface area contributed by atoms with E-state index in [0.29, 0.717) is 11.4 Å². The van der Waals surface area contributed by atoms with Gasteiger partial charge in [-0.2, -0.15) is 0 Å². The van der Waals surface area contributed by atoms with Gasteiger partial charge < -0.3 is 14.6 Å². The van der Waals surface area contributed by atoms with E-state index in [-0.39, 0.29) is 22.6 Å². The summed E-state index contributed by atoms with van der Waals surface area (Å²) in [4.78, 5) is 11.8. The minimum Gasteiger partial charge on any atom is -0.490 e. The van der Waals surface area contributed by atoms with Gasteiger partial charge in [0.1, 0.15) is 16.3 Å². The van der Waals surface area contributed by atoms with Crippen LogP contribution < -0.4 is 14.8 Å². The molecular formula is C18H23N3O4S. The average molecular weight is 377 g/mol. The Labute approximate surface area is 153 Å². The van der Waals surface area contributed by atoms with Gasteiger partial charge in [0.25, 0.3) is 15.9 Å². The summed E-state index contributed by atoms with van der Waals surface area (Å²) in [7, 11) is -0.685. The second-order valence-electron chi connectivity index (χ2n) is 6.41. The SMILES string of the molecule is CNC(=O)c1cc(S(=O)(=O)Nc2cccc(OC3CCCC3)c2)cn1C. The van der Waals surface area contributed by atoms with Crippen LogP contribution >= 0.6 is 0 Å². The van der Waals surface area contributed by atoms with Crippen LogP contribution in [0.3, 0.4) is 0 Å². The molecule has 1 saturated carbocycles. The summed E-state index contributed by atoms with van der Waals surface area (Å²) in [6, 6.07) is 8.27. The maximum absolute atomic E-state index is 12.6. The number of sulfonamides is 1. The Morgan fingerprint density at radius 2 is 1.96 bits per heavy atom. The monoisotopic (exact) mass is 377 g/mol. The van der Waals surface area contributed by atoms with Crippen molar-refractivity contribution in [3.8, 4) is 5.75 Å². The Balaban J connectivity index is 1.78. The van der Waals surface area contributed by atoms with Gasteiger partial charge in [-0.15, -0.1) is 0 Å². The maximum Gasteiger partial charge on any atom is 0.267 e. The molecular weight excluding hydrogens is 354 g/mol. The van der Waals surface area contributed by atoms with Gasteiger partial charge in [0.15, 0.2) is 0 Å². The lowest BCUT2D eigenvalue weighted by molar-refractivity contribution is 0.0955. The Morgan fingerprint density at radius 3 is 2.65 bits per heavy atom. The molecule has 26 heavy (non-hydrogen) atoms. The van der Waals surface area contributed by atoms with E-state index in [1.165, 1.54) is 36.7 Å². The fraction of sp³-hybridized carbons (Fsp3) is 0.389. The molecule has 1 aliphatic rings. The number of amides is 1. The number of aryl methyl sites for hydroxylation is 1. The number of hydrogen-bond acceptors (Lipinski definition) is 4. The van der Waals surface area contributed by atoms with Crippen molar-refractivity contribution in [3.63, 3.8) is 0 Å². The summed E-state index contributed by atoms with van der Waals surface area (Å²) in [6.07, 6.45) is 6.00. The molecule has 0 aliphatic heterocycles. The fourth-order valence-corrected chi connectivity index (χ4v) is 4.20. The number of aromatic nitrogens is 1. The summed E-state index contributed by atoms with van der Waals surface area (Å²) in [6.45, 7) is 0. The first kappa shape index (κ1) is 18.3. The lowest BCUT2D eigenvalue weighted by Gasteiger charge is -2.14. The normalized spacial score (nSPS) is 15.0. The topological polar surface area (TPSA) is 89.4 Å². The zero-order chi connectivity index (χ0) is 18.7. The summed E-state index contributed by atoms with van der Waals surface area (Å²) < 4.78 is 35.2. The highest BCUT2D eigenvalue weighted by molar-refractivity contribution is 7.92. The number of nitrogens with one attached hydrogen (secondary N) is 2. The molecule has 1 fully saturated rings. The van der Waals surface area contributed by atoms with Gasteiger partial charge >= 0.3 is 0 Å². The summed E-state index contributed by atoms with van der Waals surface area (Å²) in [5.74, 6) is 0.303. The highest BCUT2D eigenvalue weighted by atomic mass is 32.2. The third-order valence-electron chi connectivity index (χ3n) is 4.44. The van der Waals surface area contributed by atoms with E-state index >= 15 is 0 Å². The Hall–Kier alpha value is -2.48. The number of hydrogen-bond donors (Lipinski definition) is 2. The van der Waals surface area contributed by atoms with Crippen molar-refractivity contribution in [2.75, 3.05) is 11.8 Å². The van der Waals surface area contributed by atoms with Crippen molar-refractivity contribution in [1.29, 1.82) is 0 Å². The second kappa shape index (κ2) is 7.41. The van der Waals surface area contributed by atoms with Crippen molar-refractivity contribution in [3.05, 3.63) is 42.2 Å². The van der Waals surface area contributed by atoms with E-state index < -0.39 is 10.0 Å². The number of carbonyl (C=O) groups excluding carboxylic acids is 1. The van der Waals surface area contributed by atoms with Crippen LogP contribution in [-0.2, 0) is 17.1 Å².